The SMILES string of the molecule is Cc1cccc(F)c1-n1c(=S)[nH]c2c(C)nn(C)c21. The first-order chi connectivity index (χ1) is 9.00. The van der Waals surface area contributed by atoms with E-state index in [-0.39, 0.29) is 5.82 Å². The minimum atomic E-state index is -0.296. The Morgan fingerprint density at radius 3 is 2.74 bits per heavy atom. The second-order valence-electron chi connectivity index (χ2n) is 4.58. The number of nitrogens with one attached hydrogen (secondary N) is 1. The lowest BCUT2D eigenvalue weighted by atomic mass is 10.2. The van der Waals surface area contributed by atoms with Crippen molar-refractivity contribution in [3.63, 3.8) is 0 Å². The molecule has 0 aliphatic heterocycles. The summed E-state index contributed by atoms with van der Waals surface area (Å²) in [5, 5.41) is 4.33. The summed E-state index contributed by atoms with van der Waals surface area (Å²) >= 11 is 5.33. The minimum absolute atomic E-state index is 0.296. The maximum absolute atomic E-state index is 14.1. The van der Waals surface area contributed by atoms with Gasteiger partial charge in [0.05, 0.1) is 11.4 Å². The van der Waals surface area contributed by atoms with E-state index in [4.69, 9.17) is 12.2 Å². The summed E-state index contributed by atoms with van der Waals surface area (Å²) in [6.45, 7) is 3.76. The molecule has 0 saturated carbocycles. The molecule has 98 valence electrons. The smallest absolute Gasteiger partial charge is 0.184 e. The number of nitrogens with zero attached hydrogens (tertiary/aromatic N) is 3. The van der Waals surface area contributed by atoms with E-state index < -0.39 is 0 Å². The van der Waals surface area contributed by atoms with Crippen molar-refractivity contribution in [1.29, 1.82) is 0 Å². The predicted molar refractivity (Wildman–Crippen MR) is 74.7 cm³/mol. The number of hydrogen-bond donors (Lipinski definition) is 1. The molecule has 0 bridgehead atoms. The van der Waals surface area contributed by atoms with Crippen LogP contribution in [0.3, 0.4) is 0 Å². The second kappa shape index (κ2) is 4.03. The zero-order chi connectivity index (χ0) is 13.7. The summed E-state index contributed by atoms with van der Waals surface area (Å²) in [6.07, 6.45) is 0. The van der Waals surface area contributed by atoms with Gasteiger partial charge in [-0.15, -0.1) is 0 Å². The van der Waals surface area contributed by atoms with Crippen molar-refractivity contribution in [3.05, 3.63) is 40.0 Å². The van der Waals surface area contributed by atoms with Crippen LogP contribution in [0.4, 0.5) is 4.39 Å². The van der Waals surface area contributed by atoms with Crippen LogP contribution in [0.15, 0.2) is 18.2 Å². The molecule has 3 rings (SSSR count). The van der Waals surface area contributed by atoms with Gasteiger partial charge in [-0.2, -0.15) is 5.10 Å². The number of rotatable bonds is 1. The number of imidazole rings is 1. The topological polar surface area (TPSA) is 38.5 Å². The molecule has 0 saturated heterocycles. The van der Waals surface area contributed by atoms with Gasteiger partial charge in [-0.05, 0) is 37.7 Å². The molecule has 1 N–H and O–H groups in total. The van der Waals surface area contributed by atoms with Gasteiger partial charge in [-0.1, -0.05) is 12.1 Å². The lowest BCUT2D eigenvalue weighted by molar-refractivity contribution is 0.615. The number of hydrogen-bond acceptors (Lipinski definition) is 2. The van der Waals surface area contributed by atoms with E-state index >= 15 is 0 Å². The van der Waals surface area contributed by atoms with Gasteiger partial charge in [0, 0.05) is 7.05 Å². The van der Waals surface area contributed by atoms with E-state index in [1.807, 2.05) is 27.0 Å². The summed E-state index contributed by atoms with van der Waals surface area (Å²) in [4.78, 5) is 3.10. The summed E-state index contributed by atoms with van der Waals surface area (Å²) in [7, 11) is 1.82. The zero-order valence-corrected chi connectivity index (χ0v) is 11.7. The molecular weight excluding hydrogens is 263 g/mol. The largest absolute Gasteiger partial charge is 0.327 e. The standard InChI is InChI=1S/C13H13FN4S/c1-7-5-4-6-9(14)11(7)18-12-10(15-13(18)19)8(2)16-17(12)3/h4-6H,1-3H3,(H,15,19). The number of aryl methyl sites for hydroxylation is 3. The number of aromatic amines is 1. The quantitative estimate of drug-likeness (QED) is 0.693. The molecule has 2 aromatic heterocycles. The third-order valence-electron chi connectivity index (χ3n) is 3.25. The van der Waals surface area contributed by atoms with E-state index in [1.54, 1.807) is 15.3 Å². The fourth-order valence-corrected chi connectivity index (χ4v) is 2.70. The molecule has 0 aliphatic carbocycles. The number of para-hydroxylation sites is 1. The zero-order valence-electron chi connectivity index (χ0n) is 10.9. The fraction of sp³-hybridized carbons (Fsp3) is 0.231. The van der Waals surface area contributed by atoms with Crippen molar-refractivity contribution in [1.82, 2.24) is 19.3 Å². The summed E-state index contributed by atoms with van der Waals surface area (Å²) < 4.78 is 18.0. The van der Waals surface area contributed by atoms with Gasteiger partial charge < -0.3 is 4.98 Å². The molecule has 2 heterocycles. The van der Waals surface area contributed by atoms with Crippen LogP contribution in [0, 0.1) is 24.4 Å². The van der Waals surface area contributed by atoms with Crippen LogP contribution in [0.2, 0.25) is 0 Å². The molecule has 3 aromatic rings. The monoisotopic (exact) mass is 276 g/mol. The molecule has 4 nitrogen and oxygen atoms in total. The van der Waals surface area contributed by atoms with E-state index in [9.17, 15) is 4.39 Å². The molecule has 1 aromatic carbocycles. The van der Waals surface area contributed by atoms with Crippen molar-refractivity contribution in [3.8, 4) is 5.69 Å². The Labute approximate surface area is 114 Å². The Morgan fingerprint density at radius 1 is 1.32 bits per heavy atom. The Balaban J connectivity index is 2.50. The molecular formula is C13H13FN4S. The van der Waals surface area contributed by atoms with Crippen molar-refractivity contribution in [2.45, 2.75) is 13.8 Å². The molecule has 0 amide bonds. The highest BCUT2D eigenvalue weighted by molar-refractivity contribution is 7.71. The Hall–Kier alpha value is -1.95. The van der Waals surface area contributed by atoms with Gasteiger partial charge in [-0.25, -0.2) is 9.07 Å². The number of fused-ring (bicyclic) bond motifs is 1. The molecule has 0 spiro atoms. The summed E-state index contributed by atoms with van der Waals surface area (Å²) in [5.74, 6) is -0.296. The minimum Gasteiger partial charge on any atom is -0.327 e. The second-order valence-corrected chi connectivity index (χ2v) is 4.97. The van der Waals surface area contributed by atoms with Crippen LogP contribution in [0.5, 0.6) is 0 Å². The third-order valence-corrected chi connectivity index (χ3v) is 3.54. The van der Waals surface area contributed by atoms with Crippen molar-refractivity contribution < 1.29 is 4.39 Å². The van der Waals surface area contributed by atoms with Crippen molar-refractivity contribution in [2.75, 3.05) is 0 Å². The summed E-state index contributed by atoms with van der Waals surface area (Å²) in [5.41, 5.74) is 3.76. The molecule has 0 fully saturated rings. The van der Waals surface area contributed by atoms with Gasteiger partial charge in [-0.3, -0.25) is 4.57 Å². The lowest BCUT2D eigenvalue weighted by Gasteiger charge is -2.09. The highest BCUT2D eigenvalue weighted by atomic mass is 32.1. The van der Waals surface area contributed by atoms with E-state index in [0.717, 1.165) is 22.4 Å². The fourth-order valence-electron chi connectivity index (χ4n) is 2.42. The average molecular weight is 276 g/mol. The number of H-pyrrole nitrogens is 1. The highest BCUT2D eigenvalue weighted by Gasteiger charge is 2.17. The predicted octanol–water partition coefficient (Wildman–Crippen LogP) is 3.18. The maximum atomic E-state index is 14.1. The van der Waals surface area contributed by atoms with E-state index in [2.05, 4.69) is 10.1 Å². The average Bonchev–Trinajstić information content (AvgIpc) is 2.79. The number of benzene rings is 1. The van der Waals surface area contributed by atoms with Gasteiger partial charge in [0.1, 0.15) is 11.3 Å². The highest BCUT2D eigenvalue weighted by Crippen LogP contribution is 2.25. The number of aromatic nitrogens is 4. The normalized spacial score (nSPS) is 11.4. The van der Waals surface area contributed by atoms with Crippen LogP contribution in [0.25, 0.3) is 16.9 Å². The molecule has 0 aliphatic rings. The number of halogens is 1. The maximum Gasteiger partial charge on any atom is 0.184 e. The van der Waals surface area contributed by atoms with Gasteiger partial charge in [0.2, 0.25) is 0 Å². The van der Waals surface area contributed by atoms with Crippen LogP contribution in [0.1, 0.15) is 11.3 Å². The lowest BCUT2D eigenvalue weighted by Crippen LogP contribution is -2.04. The first-order valence-electron chi connectivity index (χ1n) is 5.90. The van der Waals surface area contributed by atoms with E-state index in [0.29, 0.717) is 10.5 Å². The van der Waals surface area contributed by atoms with Gasteiger partial charge in [0.25, 0.3) is 0 Å². The Bertz CT molecular complexity index is 820. The molecule has 0 atom stereocenters. The molecule has 6 heteroatoms. The van der Waals surface area contributed by atoms with E-state index in [1.165, 1.54) is 6.07 Å². The molecule has 19 heavy (non-hydrogen) atoms. The Kier molecular flexibility index (Phi) is 2.56. The van der Waals surface area contributed by atoms with Crippen molar-refractivity contribution >= 4 is 23.4 Å². The van der Waals surface area contributed by atoms with Crippen LogP contribution < -0.4 is 0 Å². The van der Waals surface area contributed by atoms with Crippen LogP contribution in [-0.4, -0.2) is 19.3 Å². The first kappa shape index (κ1) is 12.1. The van der Waals surface area contributed by atoms with Crippen molar-refractivity contribution in [2.24, 2.45) is 7.05 Å². The van der Waals surface area contributed by atoms with Gasteiger partial charge in [0.15, 0.2) is 10.4 Å². The third kappa shape index (κ3) is 1.63. The molecule has 0 unspecified atom stereocenters. The van der Waals surface area contributed by atoms with Gasteiger partial charge >= 0.3 is 0 Å². The van der Waals surface area contributed by atoms with Crippen LogP contribution in [-0.2, 0) is 7.05 Å². The summed E-state index contributed by atoms with van der Waals surface area (Å²) in [6, 6.07) is 4.99. The van der Waals surface area contributed by atoms with Crippen LogP contribution >= 0.6 is 12.2 Å². The molecule has 0 radical (unpaired) electrons. The Morgan fingerprint density at radius 2 is 2.05 bits per heavy atom. The first-order valence-corrected chi connectivity index (χ1v) is 6.31.